The number of aliphatic hydroxyl groups is 1. The Balaban J connectivity index is 1.40. The van der Waals surface area contributed by atoms with Crippen molar-refractivity contribution in [3.63, 3.8) is 0 Å². The summed E-state index contributed by atoms with van der Waals surface area (Å²) in [5.74, 6) is 0.228. The van der Waals surface area contributed by atoms with E-state index in [0.29, 0.717) is 17.2 Å². The lowest BCUT2D eigenvalue weighted by atomic mass is 9.90. The lowest BCUT2D eigenvalue weighted by Gasteiger charge is -2.21. The summed E-state index contributed by atoms with van der Waals surface area (Å²) in [6.07, 6.45) is 4.52. The van der Waals surface area contributed by atoms with Gasteiger partial charge in [0.1, 0.15) is 0 Å². The first kappa shape index (κ1) is 21.0. The summed E-state index contributed by atoms with van der Waals surface area (Å²) in [7, 11) is 1.68. The lowest BCUT2D eigenvalue weighted by Crippen LogP contribution is -2.31. The number of benzene rings is 2. The monoisotopic (exact) mass is 439 g/mol. The standard InChI is InChI=1S/C26H25N5O2/c1-17-22(25(33)30(2)16-23(32)19-9-4-3-5-10-19)15-28-31(17)26-27-14-20-13-12-18-8-6-7-11-21(18)24(20)29-26/h3-11,14-15,23,32H,12-13,16H2,1-2H3/t23-/m0/s1. The molecule has 0 radical (unpaired) electrons. The van der Waals surface area contributed by atoms with Gasteiger partial charge in [-0.15, -0.1) is 0 Å². The van der Waals surface area contributed by atoms with Gasteiger partial charge in [0.05, 0.1) is 35.8 Å². The van der Waals surface area contributed by atoms with Crippen LogP contribution >= 0.6 is 0 Å². The fourth-order valence-electron chi connectivity index (χ4n) is 4.30. The molecule has 1 aliphatic carbocycles. The van der Waals surface area contributed by atoms with Gasteiger partial charge in [-0.3, -0.25) is 4.79 Å². The van der Waals surface area contributed by atoms with Crippen molar-refractivity contribution in [2.75, 3.05) is 13.6 Å². The minimum Gasteiger partial charge on any atom is -0.387 e. The van der Waals surface area contributed by atoms with Crippen LogP contribution in [0.25, 0.3) is 17.2 Å². The molecule has 1 N–H and O–H groups in total. The number of aromatic nitrogens is 4. The summed E-state index contributed by atoms with van der Waals surface area (Å²) < 4.78 is 1.60. The average molecular weight is 440 g/mol. The number of carbonyl (C=O) groups is 1. The minimum absolute atomic E-state index is 0.180. The molecule has 5 rings (SSSR count). The number of nitrogens with zero attached hydrogens (tertiary/aromatic N) is 5. The van der Waals surface area contributed by atoms with Crippen LogP contribution < -0.4 is 0 Å². The Morgan fingerprint density at radius 1 is 1.06 bits per heavy atom. The van der Waals surface area contributed by atoms with Crippen LogP contribution in [0.5, 0.6) is 0 Å². The second-order valence-electron chi connectivity index (χ2n) is 8.37. The highest BCUT2D eigenvalue weighted by Crippen LogP contribution is 2.31. The van der Waals surface area contributed by atoms with Crippen LogP contribution in [0.2, 0.25) is 0 Å². The molecule has 0 saturated carbocycles. The van der Waals surface area contributed by atoms with Crippen molar-refractivity contribution in [1.29, 1.82) is 0 Å². The Hall–Kier alpha value is -3.84. The van der Waals surface area contributed by atoms with Gasteiger partial charge in [-0.25, -0.2) is 14.6 Å². The second kappa shape index (κ2) is 8.60. The van der Waals surface area contributed by atoms with E-state index < -0.39 is 6.10 Å². The largest absolute Gasteiger partial charge is 0.387 e. The first-order valence-electron chi connectivity index (χ1n) is 11.0. The van der Waals surface area contributed by atoms with Gasteiger partial charge in [0.25, 0.3) is 11.9 Å². The highest BCUT2D eigenvalue weighted by Gasteiger charge is 2.23. The SMILES string of the molecule is Cc1c(C(=O)N(C)C[C@H](O)c2ccccc2)cnn1-c1ncc2c(n1)-c1ccccc1CC2. The van der Waals surface area contributed by atoms with Gasteiger partial charge in [0, 0.05) is 18.8 Å². The van der Waals surface area contributed by atoms with Crippen LogP contribution in [0.15, 0.2) is 67.0 Å². The molecule has 2 aromatic carbocycles. The average Bonchev–Trinajstić information content (AvgIpc) is 3.24. The van der Waals surface area contributed by atoms with E-state index in [-0.39, 0.29) is 12.5 Å². The van der Waals surface area contributed by atoms with Gasteiger partial charge in [-0.05, 0) is 36.5 Å². The van der Waals surface area contributed by atoms with Crippen molar-refractivity contribution in [2.45, 2.75) is 25.9 Å². The highest BCUT2D eigenvalue weighted by molar-refractivity contribution is 5.95. The molecule has 0 bridgehead atoms. The maximum Gasteiger partial charge on any atom is 0.257 e. The Morgan fingerprint density at radius 3 is 2.61 bits per heavy atom. The number of hydrogen-bond acceptors (Lipinski definition) is 5. The molecule has 1 amide bonds. The highest BCUT2D eigenvalue weighted by atomic mass is 16.3. The molecule has 7 heteroatoms. The summed E-state index contributed by atoms with van der Waals surface area (Å²) in [6.45, 7) is 2.01. The normalized spacial score (nSPS) is 13.2. The van der Waals surface area contributed by atoms with Crippen LogP contribution in [0.4, 0.5) is 0 Å². The first-order valence-corrected chi connectivity index (χ1v) is 11.0. The maximum absolute atomic E-state index is 13.1. The van der Waals surface area contributed by atoms with Crippen molar-refractivity contribution in [3.8, 4) is 17.2 Å². The Kier molecular flexibility index (Phi) is 5.48. The number of fused-ring (bicyclic) bond motifs is 3. The van der Waals surface area contributed by atoms with E-state index in [4.69, 9.17) is 4.98 Å². The molecule has 0 spiro atoms. The maximum atomic E-state index is 13.1. The third-order valence-corrected chi connectivity index (χ3v) is 6.20. The van der Waals surface area contributed by atoms with E-state index in [1.165, 1.54) is 10.5 Å². The van der Waals surface area contributed by atoms with Gasteiger partial charge in [0.2, 0.25) is 0 Å². The predicted octanol–water partition coefficient (Wildman–Crippen LogP) is 3.54. The van der Waals surface area contributed by atoms with E-state index >= 15 is 0 Å². The zero-order chi connectivity index (χ0) is 22.9. The molecule has 1 atom stereocenters. The third kappa shape index (κ3) is 3.91. The van der Waals surface area contributed by atoms with Gasteiger partial charge in [-0.1, -0.05) is 54.6 Å². The van der Waals surface area contributed by atoms with Gasteiger partial charge >= 0.3 is 0 Å². The Labute approximate surface area is 192 Å². The molecule has 0 saturated heterocycles. The molecule has 2 aromatic heterocycles. The molecule has 2 heterocycles. The number of rotatable bonds is 5. The summed E-state index contributed by atoms with van der Waals surface area (Å²) in [6, 6.07) is 17.6. The summed E-state index contributed by atoms with van der Waals surface area (Å²) in [5.41, 5.74) is 6.33. The summed E-state index contributed by atoms with van der Waals surface area (Å²) in [5, 5.41) is 14.9. The number of aryl methyl sites for hydroxylation is 2. The zero-order valence-corrected chi connectivity index (χ0v) is 18.6. The Bertz CT molecular complexity index is 1320. The third-order valence-electron chi connectivity index (χ3n) is 6.20. The Morgan fingerprint density at radius 2 is 1.79 bits per heavy atom. The molecule has 0 aliphatic heterocycles. The molecule has 33 heavy (non-hydrogen) atoms. The summed E-state index contributed by atoms with van der Waals surface area (Å²) >= 11 is 0. The number of carbonyl (C=O) groups excluding carboxylic acids is 1. The van der Waals surface area contributed by atoms with E-state index in [1.807, 2.05) is 55.6 Å². The van der Waals surface area contributed by atoms with E-state index in [1.54, 1.807) is 17.9 Å². The molecule has 4 aromatic rings. The van der Waals surface area contributed by atoms with Crippen LogP contribution in [-0.4, -0.2) is 49.3 Å². The second-order valence-corrected chi connectivity index (χ2v) is 8.37. The zero-order valence-electron chi connectivity index (χ0n) is 18.6. The number of amides is 1. The van der Waals surface area contributed by atoms with Crippen molar-refractivity contribution >= 4 is 5.91 Å². The van der Waals surface area contributed by atoms with Crippen molar-refractivity contribution in [2.24, 2.45) is 0 Å². The van der Waals surface area contributed by atoms with Crippen LogP contribution in [0, 0.1) is 6.92 Å². The molecular formula is C26H25N5O2. The number of likely N-dealkylation sites (N-methyl/N-ethyl adjacent to an activating group) is 1. The first-order chi connectivity index (χ1) is 16.0. The topological polar surface area (TPSA) is 84.1 Å². The molecular weight excluding hydrogens is 414 g/mol. The molecule has 7 nitrogen and oxygen atoms in total. The van der Waals surface area contributed by atoms with Crippen LogP contribution in [-0.2, 0) is 12.8 Å². The van der Waals surface area contributed by atoms with E-state index in [9.17, 15) is 9.90 Å². The number of hydrogen-bond donors (Lipinski definition) is 1. The fraction of sp³-hybridized carbons (Fsp3) is 0.231. The summed E-state index contributed by atoms with van der Waals surface area (Å²) in [4.78, 5) is 23.9. The predicted molar refractivity (Wildman–Crippen MR) is 125 cm³/mol. The van der Waals surface area contributed by atoms with Crippen molar-refractivity contribution in [1.82, 2.24) is 24.6 Å². The van der Waals surface area contributed by atoms with Crippen LogP contribution in [0.3, 0.4) is 0 Å². The van der Waals surface area contributed by atoms with Gasteiger partial charge in [-0.2, -0.15) is 5.10 Å². The van der Waals surface area contributed by atoms with Crippen molar-refractivity contribution in [3.05, 3.63) is 94.9 Å². The smallest absolute Gasteiger partial charge is 0.257 e. The van der Waals surface area contributed by atoms with E-state index in [2.05, 4.69) is 22.2 Å². The van der Waals surface area contributed by atoms with Gasteiger partial charge in [0.15, 0.2) is 0 Å². The van der Waals surface area contributed by atoms with Crippen LogP contribution in [0.1, 0.15) is 38.8 Å². The molecule has 166 valence electrons. The van der Waals surface area contributed by atoms with Crippen molar-refractivity contribution < 1.29 is 9.90 Å². The molecule has 0 unspecified atom stereocenters. The minimum atomic E-state index is -0.764. The number of aliphatic hydroxyl groups excluding tert-OH is 1. The molecule has 0 fully saturated rings. The van der Waals surface area contributed by atoms with Gasteiger partial charge < -0.3 is 10.0 Å². The fourth-order valence-corrected chi connectivity index (χ4v) is 4.30. The lowest BCUT2D eigenvalue weighted by molar-refractivity contribution is 0.0680. The molecule has 1 aliphatic rings. The van der Waals surface area contributed by atoms with E-state index in [0.717, 1.165) is 35.2 Å². The quantitative estimate of drug-likeness (QED) is 0.514.